The van der Waals surface area contributed by atoms with Crippen molar-refractivity contribution in [3.63, 3.8) is 0 Å². The van der Waals surface area contributed by atoms with E-state index in [0.29, 0.717) is 5.69 Å². The fourth-order valence-corrected chi connectivity index (χ4v) is 1.50. The first-order valence-electron chi connectivity index (χ1n) is 4.98. The lowest BCUT2D eigenvalue weighted by Crippen LogP contribution is -1.96. The molecule has 0 saturated carbocycles. The molecule has 0 saturated heterocycles. The van der Waals surface area contributed by atoms with E-state index in [2.05, 4.69) is 11.9 Å². The lowest BCUT2D eigenvalue weighted by Gasteiger charge is -2.00. The van der Waals surface area contributed by atoms with Crippen molar-refractivity contribution in [3.05, 3.63) is 42.0 Å². The van der Waals surface area contributed by atoms with E-state index in [0.717, 1.165) is 18.4 Å². The van der Waals surface area contributed by atoms with Gasteiger partial charge in [0.05, 0.1) is 0 Å². The molecule has 1 aromatic heterocycles. The smallest absolute Gasteiger partial charge is 0.374 e. The molecular weight excluding hydrogens is 206 g/mol. The molecule has 0 fully saturated rings. The molecule has 0 aliphatic heterocycles. The normalized spacial score (nSPS) is 10.3. The molecule has 0 radical (unpaired) electrons. The summed E-state index contributed by atoms with van der Waals surface area (Å²) in [6, 6.07) is 7.61. The Hall–Kier alpha value is -2.10. The van der Waals surface area contributed by atoms with Crippen LogP contribution >= 0.6 is 0 Å². The predicted octanol–water partition coefficient (Wildman–Crippen LogP) is 2.60. The van der Waals surface area contributed by atoms with Crippen molar-refractivity contribution in [1.82, 2.24) is 4.98 Å². The number of rotatable bonds is 3. The molecule has 0 unspecified atom stereocenters. The zero-order chi connectivity index (χ0) is 11.5. The number of aromatic carboxylic acids is 1. The molecule has 0 spiro atoms. The van der Waals surface area contributed by atoms with Gasteiger partial charge in [-0.05, 0) is 12.0 Å². The van der Waals surface area contributed by atoms with Crippen molar-refractivity contribution >= 4 is 5.97 Å². The zero-order valence-electron chi connectivity index (χ0n) is 8.80. The molecule has 16 heavy (non-hydrogen) atoms. The molecule has 2 aromatic rings. The van der Waals surface area contributed by atoms with Crippen LogP contribution < -0.4 is 0 Å². The van der Waals surface area contributed by atoms with Gasteiger partial charge in [0.25, 0.3) is 0 Å². The number of aromatic nitrogens is 1. The van der Waals surface area contributed by atoms with Crippen molar-refractivity contribution < 1.29 is 14.3 Å². The van der Waals surface area contributed by atoms with Gasteiger partial charge in [0.2, 0.25) is 5.76 Å². The summed E-state index contributed by atoms with van der Waals surface area (Å²) in [4.78, 5) is 14.8. The van der Waals surface area contributed by atoms with Crippen LogP contribution in [0.2, 0.25) is 0 Å². The summed E-state index contributed by atoms with van der Waals surface area (Å²) < 4.78 is 4.83. The molecule has 82 valence electrons. The highest BCUT2D eigenvalue weighted by Gasteiger charge is 2.16. The maximum atomic E-state index is 10.8. The van der Waals surface area contributed by atoms with Crippen LogP contribution in [0.1, 0.15) is 23.0 Å². The van der Waals surface area contributed by atoms with E-state index in [1.807, 2.05) is 24.3 Å². The Labute approximate surface area is 92.6 Å². The quantitative estimate of drug-likeness (QED) is 0.858. The third-order valence-electron chi connectivity index (χ3n) is 2.40. The van der Waals surface area contributed by atoms with E-state index in [9.17, 15) is 4.79 Å². The molecule has 0 amide bonds. The number of hydrogen-bond acceptors (Lipinski definition) is 3. The zero-order valence-corrected chi connectivity index (χ0v) is 8.80. The predicted molar refractivity (Wildman–Crippen MR) is 58.3 cm³/mol. The van der Waals surface area contributed by atoms with Crippen LogP contribution in [0, 0.1) is 0 Å². The lowest BCUT2D eigenvalue weighted by atomic mass is 10.1. The number of nitrogens with zero attached hydrogens (tertiary/aromatic N) is 1. The van der Waals surface area contributed by atoms with E-state index in [-0.39, 0.29) is 5.76 Å². The van der Waals surface area contributed by atoms with Gasteiger partial charge >= 0.3 is 5.97 Å². The number of aryl methyl sites for hydroxylation is 1. The number of oxazole rings is 1. The van der Waals surface area contributed by atoms with Crippen LogP contribution in [0.25, 0.3) is 11.3 Å². The van der Waals surface area contributed by atoms with Gasteiger partial charge in [-0.25, -0.2) is 9.78 Å². The monoisotopic (exact) mass is 217 g/mol. The third kappa shape index (κ3) is 1.82. The highest BCUT2D eigenvalue weighted by atomic mass is 16.4. The van der Waals surface area contributed by atoms with Crippen LogP contribution in [0.3, 0.4) is 0 Å². The van der Waals surface area contributed by atoms with Gasteiger partial charge in [-0.15, -0.1) is 0 Å². The summed E-state index contributed by atoms with van der Waals surface area (Å²) in [5.74, 6) is -1.23. The highest BCUT2D eigenvalue weighted by molar-refractivity contribution is 5.91. The number of carbonyl (C=O) groups is 1. The molecule has 0 aliphatic rings. The molecule has 1 heterocycles. The Balaban J connectivity index is 2.42. The van der Waals surface area contributed by atoms with E-state index in [4.69, 9.17) is 9.52 Å². The fraction of sp³-hybridized carbons (Fsp3) is 0.167. The van der Waals surface area contributed by atoms with Gasteiger partial charge in [-0.1, -0.05) is 31.2 Å². The average Bonchev–Trinajstić information content (AvgIpc) is 2.78. The van der Waals surface area contributed by atoms with Crippen LogP contribution in [0.5, 0.6) is 0 Å². The maximum absolute atomic E-state index is 10.8. The van der Waals surface area contributed by atoms with Crippen LogP contribution in [0.4, 0.5) is 0 Å². The summed E-state index contributed by atoms with van der Waals surface area (Å²) in [5, 5.41) is 8.88. The van der Waals surface area contributed by atoms with Gasteiger partial charge in [-0.2, -0.15) is 0 Å². The summed E-state index contributed by atoms with van der Waals surface area (Å²) in [7, 11) is 0. The Kier molecular flexibility index (Phi) is 2.72. The van der Waals surface area contributed by atoms with Gasteiger partial charge < -0.3 is 9.52 Å². The lowest BCUT2D eigenvalue weighted by molar-refractivity contribution is 0.0663. The third-order valence-corrected chi connectivity index (χ3v) is 2.40. The Morgan fingerprint density at radius 1 is 1.38 bits per heavy atom. The van der Waals surface area contributed by atoms with Crippen molar-refractivity contribution in [3.8, 4) is 11.3 Å². The topological polar surface area (TPSA) is 63.3 Å². The van der Waals surface area contributed by atoms with Crippen molar-refractivity contribution in [2.75, 3.05) is 0 Å². The molecular formula is C12H11NO3. The summed E-state index contributed by atoms with van der Waals surface area (Å²) in [6.45, 7) is 2.06. The van der Waals surface area contributed by atoms with Gasteiger partial charge in [0.15, 0.2) is 6.39 Å². The molecule has 4 heteroatoms. The SMILES string of the molecule is CCc1ccc(-c2ncoc2C(=O)O)cc1. The van der Waals surface area contributed by atoms with Crippen LogP contribution in [0.15, 0.2) is 35.1 Å². The second-order valence-electron chi connectivity index (χ2n) is 3.39. The fourth-order valence-electron chi connectivity index (χ4n) is 1.50. The Morgan fingerprint density at radius 3 is 2.62 bits per heavy atom. The molecule has 0 bridgehead atoms. The Morgan fingerprint density at radius 2 is 2.06 bits per heavy atom. The molecule has 2 rings (SSSR count). The molecule has 0 atom stereocenters. The summed E-state index contributed by atoms with van der Waals surface area (Å²) in [6.07, 6.45) is 2.09. The maximum Gasteiger partial charge on any atom is 0.374 e. The van der Waals surface area contributed by atoms with Gasteiger partial charge in [0.1, 0.15) is 5.69 Å². The number of carboxylic acids is 1. The van der Waals surface area contributed by atoms with Crippen LogP contribution in [-0.2, 0) is 6.42 Å². The first-order valence-corrected chi connectivity index (χ1v) is 4.98. The largest absolute Gasteiger partial charge is 0.475 e. The van der Waals surface area contributed by atoms with E-state index in [1.54, 1.807) is 0 Å². The minimum Gasteiger partial charge on any atom is -0.475 e. The minimum atomic E-state index is -1.10. The summed E-state index contributed by atoms with van der Waals surface area (Å²) in [5.41, 5.74) is 2.32. The standard InChI is InChI=1S/C12H11NO3/c1-2-8-3-5-9(6-4-8)10-11(12(14)15)16-7-13-10/h3-7H,2H2,1H3,(H,14,15). The molecule has 1 aromatic carbocycles. The molecule has 4 nitrogen and oxygen atoms in total. The summed E-state index contributed by atoms with van der Waals surface area (Å²) >= 11 is 0. The first kappa shape index (κ1) is 10.4. The van der Waals surface area contributed by atoms with E-state index < -0.39 is 5.97 Å². The molecule has 0 aliphatic carbocycles. The van der Waals surface area contributed by atoms with Crippen molar-refractivity contribution in [2.24, 2.45) is 0 Å². The number of hydrogen-bond donors (Lipinski definition) is 1. The van der Waals surface area contributed by atoms with E-state index in [1.165, 1.54) is 5.56 Å². The Bertz CT molecular complexity index is 499. The number of carboxylic acid groups (broad SMARTS) is 1. The minimum absolute atomic E-state index is 0.121. The van der Waals surface area contributed by atoms with Crippen LogP contribution in [-0.4, -0.2) is 16.1 Å². The van der Waals surface area contributed by atoms with Crippen molar-refractivity contribution in [2.45, 2.75) is 13.3 Å². The van der Waals surface area contributed by atoms with Gasteiger partial charge in [0, 0.05) is 5.56 Å². The number of benzene rings is 1. The van der Waals surface area contributed by atoms with Crippen molar-refractivity contribution in [1.29, 1.82) is 0 Å². The van der Waals surface area contributed by atoms with Gasteiger partial charge in [-0.3, -0.25) is 0 Å². The first-order chi connectivity index (χ1) is 7.72. The second-order valence-corrected chi connectivity index (χ2v) is 3.39. The average molecular weight is 217 g/mol. The van der Waals surface area contributed by atoms with E-state index >= 15 is 0 Å². The highest BCUT2D eigenvalue weighted by Crippen LogP contribution is 2.22. The molecule has 1 N–H and O–H groups in total. The second kappa shape index (κ2) is 4.18.